The van der Waals surface area contributed by atoms with Gasteiger partial charge in [-0.15, -0.1) is 0 Å². The van der Waals surface area contributed by atoms with Crippen molar-refractivity contribution >= 4 is 5.78 Å². The summed E-state index contributed by atoms with van der Waals surface area (Å²) in [6.45, 7) is 4.28. The van der Waals surface area contributed by atoms with E-state index in [0.29, 0.717) is 13.0 Å². The number of aryl methyl sites for hydroxylation is 2. The summed E-state index contributed by atoms with van der Waals surface area (Å²) in [5.74, 6) is 0.153. The van der Waals surface area contributed by atoms with Gasteiger partial charge >= 0.3 is 0 Å². The molecule has 0 fully saturated rings. The monoisotopic (exact) mass is 210 g/mol. The second kappa shape index (κ2) is 5.66. The summed E-state index contributed by atoms with van der Waals surface area (Å²) in [5, 5.41) is 4.05. The molecule has 0 aliphatic carbocycles. The number of hydrogen-bond acceptors (Lipinski definition) is 3. The normalized spacial score (nSPS) is 12.7. The van der Waals surface area contributed by atoms with E-state index < -0.39 is 0 Å². The zero-order valence-corrected chi connectivity index (χ0v) is 9.56. The van der Waals surface area contributed by atoms with E-state index in [4.69, 9.17) is 4.74 Å². The molecule has 0 radical (unpaired) electrons. The van der Waals surface area contributed by atoms with Gasteiger partial charge in [0.25, 0.3) is 0 Å². The number of ketones is 1. The molecule has 0 bridgehead atoms. The fourth-order valence-electron chi connectivity index (χ4n) is 1.41. The Balaban J connectivity index is 2.34. The van der Waals surface area contributed by atoms with Gasteiger partial charge in [-0.25, -0.2) is 0 Å². The molecule has 0 saturated carbocycles. The molecule has 0 saturated heterocycles. The number of Topliss-reactive ketones (excluding diaryl/α,β-unsaturated/α-hetero) is 1. The van der Waals surface area contributed by atoms with Crippen molar-refractivity contribution in [2.45, 2.75) is 32.8 Å². The van der Waals surface area contributed by atoms with Gasteiger partial charge in [-0.1, -0.05) is 0 Å². The minimum Gasteiger partial charge on any atom is -0.371 e. The number of ether oxygens (including phenoxy) is 1. The molecular formula is C11H18N2O2. The average molecular weight is 210 g/mol. The Bertz CT molecular complexity index is 320. The second-order valence-corrected chi connectivity index (χ2v) is 3.59. The third kappa shape index (κ3) is 3.83. The highest BCUT2D eigenvalue weighted by Crippen LogP contribution is 2.04. The van der Waals surface area contributed by atoms with E-state index in [0.717, 1.165) is 12.0 Å². The van der Waals surface area contributed by atoms with Crippen LogP contribution >= 0.6 is 0 Å². The fraction of sp³-hybridized carbons (Fsp3) is 0.636. The minimum absolute atomic E-state index is 0.153. The first-order valence-electron chi connectivity index (χ1n) is 5.25. The number of carbonyl (C=O) groups excluding carboxylic acids is 1. The van der Waals surface area contributed by atoms with Crippen molar-refractivity contribution in [1.82, 2.24) is 9.78 Å². The van der Waals surface area contributed by atoms with Crippen LogP contribution < -0.4 is 0 Å². The van der Waals surface area contributed by atoms with Crippen LogP contribution in [0.15, 0.2) is 12.4 Å². The summed E-state index contributed by atoms with van der Waals surface area (Å²) in [5.41, 5.74) is 1.09. The zero-order chi connectivity index (χ0) is 11.3. The van der Waals surface area contributed by atoms with Crippen LogP contribution in [0.2, 0.25) is 0 Å². The molecule has 1 aromatic rings. The summed E-state index contributed by atoms with van der Waals surface area (Å²) in [7, 11) is 1.87. The number of aromatic nitrogens is 2. The SMILES string of the molecule is CCOC(C)C(=O)CCc1cnn(C)c1. The number of carbonyl (C=O) groups is 1. The van der Waals surface area contributed by atoms with Gasteiger partial charge in [0.15, 0.2) is 5.78 Å². The molecule has 1 heterocycles. The highest BCUT2D eigenvalue weighted by atomic mass is 16.5. The first-order valence-corrected chi connectivity index (χ1v) is 5.25. The zero-order valence-electron chi connectivity index (χ0n) is 9.56. The smallest absolute Gasteiger partial charge is 0.161 e. The molecule has 0 N–H and O–H groups in total. The molecule has 1 unspecified atom stereocenters. The topological polar surface area (TPSA) is 44.1 Å². The van der Waals surface area contributed by atoms with Crippen LogP contribution in [0.4, 0.5) is 0 Å². The molecule has 84 valence electrons. The predicted octanol–water partition coefficient (Wildman–Crippen LogP) is 1.35. The molecule has 4 heteroatoms. The fourth-order valence-corrected chi connectivity index (χ4v) is 1.41. The van der Waals surface area contributed by atoms with Crippen molar-refractivity contribution in [2.75, 3.05) is 6.61 Å². The van der Waals surface area contributed by atoms with E-state index >= 15 is 0 Å². The third-order valence-electron chi connectivity index (χ3n) is 2.29. The maximum atomic E-state index is 11.6. The number of hydrogen-bond donors (Lipinski definition) is 0. The molecule has 0 spiro atoms. The Morgan fingerprint density at radius 3 is 2.93 bits per heavy atom. The van der Waals surface area contributed by atoms with Crippen molar-refractivity contribution in [1.29, 1.82) is 0 Å². The molecule has 0 aliphatic heterocycles. The van der Waals surface area contributed by atoms with Gasteiger partial charge in [-0.3, -0.25) is 9.48 Å². The summed E-state index contributed by atoms with van der Waals surface area (Å²) in [4.78, 5) is 11.6. The van der Waals surface area contributed by atoms with Crippen molar-refractivity contribution in [2.24, 2.45) is 7.05 Å². The Kier molecular flexibility index (Phi) is 4.49. The molecule has 0 amide bonds. The van der Waals surface area contributed by atoms with Crippen LogP contribution in [0.5, 0.6) is 0 Å². The summed E-state index contributed by atoms with van der Waals surface area (Å²) in [6.07, 6.45) is 4.69. The maximum absolute atomic E-state index is 11.6. The van der Waals surface area contributed by atoms with E-state index in [1.807, 2.05) is 20.2 Å². The summed E-state index contributed by atoms with van der Waals surface area (Å²) in [6, 6.07) is 0. The van der Waals surface area contributed by atoms with Crippen molar-refractivity contribution in [3.63, 3.8) is 0 Å². The van der Waals surface area contributed by atoms with Gasteiger partial charge < -0.3 is 4.74 Å². The molecule has 4 nitrogen and oxygen atoms in total. The van der Waals surface area contributed by atoms with E-state index in [9.17, 15) is 4.79 Å². The molecule has 15 heavy (non-hydrogen) atoms. The molecule has 1 rings (SSSR count). The lowest BCUT2D eigenvalue weighted by molar-refractivity contribution is -0.129. The molecule has 1 atom stereocenters. The second-order valence-electron chi connectivity index (χ2n) is 3.59. The van der Waals surface area contributed by atoms with Crippen LogP contribution in [0.1, 0.15) is 25.8 Å². The third-order valence-corrected chi connectivity index (χ3v) is 2.29. The lowest BCUT2D eigenvalue weighted by atomic mass is 10.1. The van der Waals surface area contributed by atoms with Gasteiger partial charge in [0.1, 0.15) is 6.10 Å². The Morgan fingerprint density at radius 2 is 2.40 bits per heavy atom. The minimum atomic E-state index is -0.285. The van der Waals surface area contributed by atoms with Gasteiger partial charge in [0, 0.05) is 26.3 Å². The highest BCUT2D eigenvalue weighted by Gasteiger charge is 2.12. The Labute approximate surface area is 90.2 Å². The standard InChI is InChI=1S/C11H18N2O2/c1-4-15-9(2)11(14)6-5-10-7-12-13(3)8-10/h7-9H,4-6H2,1-3H3. The van der Waals surface area contributed by atoms with Gasteiger partial charge in [0.2, 0.25) is 0 Å². The maximum Gasteiger partial charge on any atom is 0.161 e. The first-order chi connectivity index (χ1) is 7.13. The summed E-state index contributed by atoms with van der Waals surface area (Å²) < 4.78 is 6.97. The van der Waals surface area contributed by atoms with Crippen molar-refractivity contribution in [3.05, 3.63) is 18.0 Å². The number of rotatable bonds is 6. The highest BCUT2D eigenvalue weighted by molar-refractivity contribution is 5.82. The largest absolute Gasteiger partial charge is 0.371 e. The predicted molar refractivity (Wildman–Crippen MR) is 57.6 cm³/mol. The molecule has 0 aliphatic rings. The van der Waals surface area contributed by atoms with Crippen molar-refractivity contribution < 1.29 is 9.53 Å². The van der Waals surface area contributed by atoms with Crippen molar-refractivity contribution in [3.8, 4) is 0 Å². The van der Waals surface area contributed by atoms with E-state index in [1.54, 1.807) is 17.8 Å². The van der Waals surface area contributed by atoms with Gasteiger partial charge in [-0.2, -0.15) is 5.10 Å². The lowest BCUT2D eigenvalue weighted by Crippen LogP contribution is -2.20. The number of nitrogens with zero attached hydrogens (tertiary/aromatic N) is 2. The Hall–Kier alpha value is -1.16. The van der Waals surface area contributed by atoms with Gasteiger partial charge in [0.05, 0.1) is 6.20 Å². The van der Waals surface area contributed by atoms with Crippen LogP contribution in [-0.4, -0.2) is 28.3 Å². The lowest BCUT2D eigenvalue weighted by Gasteiger charge is -2.09. The van der Waals surface area contributed by atoms with Crippen LogP contribution in [-0.2, 0) is 23.0 Å². The quantitative estimate of drug-likeness (QED) is 0.711. The van der Waals surface area contributed by atoms with E-state index in [-0.39, 0.29) is 11.9 Å². The average Bonchev–Trinajstić information content (AvgIpc) is 2.61. The Morgan fingerprint density at radius 1 is 1.67 bits per heavy atom. The molecular weight excluding hydrogens is 192 g/mol. The van der Waals surface area contributed by atoms with Crippen LogP contribution in [0.25, 0.3) is 0 Å². The van der Waals surface area contributed by atoms with Gasteiger partial charge in [-0.05, 0) is 25.8 Å². The van der Waals surface area contributed by atoms with Crippen LogP contribution in [0, 0.1) is 0 Å². The van der Waals surface area contributed by atoms with E-state index in [2.05, 4.69) is 5.10 Å². The first kappa shape index (κ1) is 11.9. The molecule has 1 aromatic heterocycles. The van der Waals surface area contributed by atoms with E-state index in [1.165, 1.54) is 0 Å². The molecule has 0 aromatic carbocycles. The summed E-state index contributed by atoms with van der Waals surface area (Å²) >= 11 is 0. The van der Waals surface area contributed by atoms with Crippen LogP contribution in [0.3, 0.4) is 0 Å².